The Bertz CT molecular complexity index is 1090. The summed E-state index contributed by atoms with van der Waals surface area (Å²) < 4.78 is 54.6. The molecule has 1 amide bonds. The molecule has 33 heavy (non-hydrogen) atoms. The van der Waals surface area contributed by atoms with Crippen LogP contribution in [-0.4, -0.2) is 40.9 Å². The van der Waals surface area contributed by atoms with Gasteiger partial charge in [0.05, 0.1) is 27.9 Å². The topological polar surface area (TPSA) is 64.5 Å². The summed E-state index contributed by atoms with van der Waals surface area (Å²) in [7, 11) is 0. The van der Waals surface area contributed by atoms with Crippen LogP contribution >= 0.6 is 50.7 Å². The number of benzene rings is 2. The Hall–Kier alpha value is -0.970. The summed E-state index contributed by atoms with van der Waals surface area (Å²) in [5, 5.41) is 2.53. The van der Waals surface area contributed by atoms with Gasteiger partial charge in [-0.3, -0.25) is 9.79 Å². The maximum absolute atomic E-state index is 14.3. The number of aliphatic imine (C=N–C) groups is 1. The smallest absolute Gasteiger partial charge is 0.400 e. The van der Waals surface area contributed by atoms with E-state index in [4.69, 9.17) is 34.8 Å². The Labute approximate surface area is 215 Å². The lowest BCUT2D eigenvalue weighted by atomic mass is 9.76. The molecular formula is C21H17BrCl3F3N2O2S. The molecule has 2 unspecified atom stereocenters. The van der Waals surface area contributed by atoms with Crippen molar-refractivity contribution >= 4 is 73.5 Å². The van der Waals surface area contributed by atoms with E-state index in [0.717, 1.165) is 0 Å². The zero-order valence-electron chi connectivity index (χ0n) is 17.0. The quantitative estimate of drug-likeness (QED) is 0.320. The second-order valence-electron chi connectivity index (χ2n) is 7.57. The van der Waals surface area contributed by atoms with E-state index in [2.05, 4.69) is 26.2 Å². The van der Waals surface area contributed by atoms with Crippen LogP contribution in [0.3, 0.4) is 0 Å². The summed E-state index contributed by atoms with van der Waals surface area (Å²) in [6, 6.07) is 7.37. The van der Waals surface area contributed by atoms with Crippen molar-refractivity contribution in [3.63, 3.8) is 0 Å². The molecule has 0 aliphatic carbocycles. The fraction of sp³-hybridized carbons (Fsp3) is 0.333. The molecule has 0 radical (unpaired) electrons. The van der Waals surface area contributed by atoms with E-state index >= 15 is 0 Å². The summed E-state index contributed by atoms with van der Waals surface area (Å²) in [5.74, 6) is -0.465. The van der Waals surface area contributed by atoms with Gasteiger partial charge in [0.1, 0.15) is 5.41 Å². The molecule has 0 aromatic heterocycles. The minimum absolute atomic E-state index is 0.00432. The maximum Gasteiger partial charge on any atom is 0.400 e. The number of nitrogens with one attached hydrogen (secondary N) is 1. The second-order valence-corrected chi connectivity index (χ2v) is 11.1. The van der Waals surface area contributed by atoms with Gasteiger partial charge in [-0.2, -0.15) is 13.2 Å². The number of halogens is 7. The van der Waals surface area contributed by atoms with Crippen molar-refractivity contribution in [3.8, 4) is 0 Å². The molecule has 0 spiro atoms. The minimum Gasteiger partial charge on any atom is -0.616 e. The Morgan fingerprint density at radius 1 is 1.24 bits per heavy atom. The summed E-state index contributed by atoms with van der Waals surface area (Å²) in [6.07, 6.45) is -3.57. The third-order valence-corrected chi connectivity index (χ3v) is 7.89. The monoisotopic (exact) mass is 602 g/mol. The van der Waals surface area contributed by atoms with Crippen LogP contribution in [0.5, 0.6) is 0 Å². The Morgan fingerprint density at radius 3 is 2.42 bits per heavy atom. The van der Waals surface area contributed by atoms with E-state index in [-0.39, 0.29) is 44.5 Å². The van der Waals surface area contributed by atoms with Crippen LogP contribution < -0.4 is 5.32 Å². The number of rotatable bonds is 6. The number of hydrogen-bond acceptors (Lipinski definition) is 3. The van der Waals surface area contributed by atoms with Gasteiger partial charge < -0.3 is 9.87 Å². The highest BCUT2D eigenvalue weighted by atomic mass is 79.9. The van der Waals surface area contributed by atoms with Crippen LogP contribution in [0.25, 0.3) is 0 Å². The lowest BCUT2D eigenvalue weighted by molar-refractivity contribution is -0.183. The standard InChI is InChI=1S/C21H17BrCl3F3N2O2S/c1-33(32)9-18(31)29-8-12-3-2-11(4-14(12)22)17-7-20(10-30-17,21(26,27)28)13-5-15(23)19(25)16(24)6-13/h2-6H,7-10H2,1H3,(H,29,31). The van der Waals surface area contributed by atoms with Crippen LogP contribution in [0, 0.1) is 0 Å². The number of hydrogen-bond donors (Lipinski definition) is 1. The molecule has 3 rings (SSSR count). The average Bonchev–Trinajstić information content (AvgIpc) is 3.17. The number of amides is 1. The molecule has 178 valence electrons. The third-order valence-electron chi connectivity index (χ3n) is 5.28. The van der Waals surface area contributed by atoms with Gasteiger partial charge in [-0.25, -0.2) is 0 Å². The van der Waals surface area contributed by atoms with Crippen molar-refractivity contribution in [1.82, 2.24) is 5.32 Å². The molecule has 1 aliphatic heterocycles. The predicted octanol–water partition coefficient (Wildman–Crippen LogP) is 6.10. The molecule has 4 nitrogen and oxygen atoms in total. The van der Waals surface area contributed by atoms with Gasteiger partial charge in [0, 0.05) is 23.1 Å². The zero-order valence-corrected chi connectivity index (χ0v) is 21.7. The molecular weight excluding hydrogens is 588 g/mol. The Morgan fingerprint density at radius 2 is 1.88 bits per heavy atom. The van der Waals surface area contributed by atoms with E-state index in [9.17, 15) is 22.5 Å². The molecule has 2 atom stereocenters. The average molecular weight is 605 g/mol. The summed E-state index contributed by atoms with van der Waals surface area (Å²) in [6.45, 7) is -0.332. The largest absolute Gasteiger partial charge is 0.616 e. The van der Waals surface area contributed by atoms with Gasteiger partial charge in [-0.05, 0) is 46.1 Å². The van der Waals surface area contributed by atoms with E-state index in [1.54, 1.807) is 18.2 Å². The van der Waals surface area contributed by atoms with Gasteiger partial charge in [-0.15, -0.1) is 0 Å². The first-order valence-corrected chi connectivity index (χ1v) is 13.1. The van der Waals surface area contributed by atoms with Crippen molar-refractivity contribution in [2.75, 3.05) is 18.6 Å². The van der Waals surface area contributed by atoms with Crippen molar-refractivity contribution < 1.29 is 22.5 Å². The molecule has 2 aromatic carbocycles. The van der Waals surface area contributed by atoms with Crippen LogP contribution in [0.1, 0.15) is 23.1 Å². The van der Waals surface area contributed by atoms with E-state index < -0.39 is 35.7 Å². The first-order chi connectivity index (χ1) is 15.3. The molecule has 1 N–H and O–H groups in total. The van der Waals surface area contributed by atoms with Crippen molar-refractivity contribution in [3.05, 3.63) is 66.6 Å². The normalized spacial score (nSPS) is 19.4. The van der Waals surface area contributed by atoms with Crippen LogP contribution in [0.2, 0.25) is 15.1 Å². The highest BCUT2D eigenvalue weighted by Crippen LogP contribution is 2.49. The van der Waals surface area contributed by atoms with Gasteiger partial charge in [-0.1, -0.05) is 62.9 Å². The first kappa shape index (κ1) is 26.6. The van der Waals surface area contributed by atoms with Crippen molar-refractivity contribution in [2.24, 2.45) is 4.99 Å². The summed E-state index contributed by atoms with van der Waals surface area (Å²) in [4.78, 5) is 15.9. The number of alkyl halides is 3. The fourth-order valence-electron chi connectivity index (χ4n) is 3.50. The van der Waals surface area contributed by atoms with Crippen LogP contribution in [0.15, 0.2) is 39.8 Å². The molecule has 0 fully saturated rings. The summed E-state index contributed by atoms with van der Waals surface area (Å²) in [5.41, 5.74) is -0.864. The van der Waals surface area contributed by atoms with Crippen LogP contribution in [-0.2, 0) is 27.9 Å². The van der Waals surface area contributed by atoms with Gasteiger partial charge in [0.25, 0.3) is 5.91 Å². The molecule has 2 aromatic rings. The zero-order chi connectivity index (χ0) is 24.6. The Balaban J connectivity index is 1.84. The van der Waals surface area contributed by atoms with Gasteiger partial charge >= 0.3 is 6.18 Å². The predicted molar refractivity (Wildman–Crippen MR) is 130 cm³/mol. The van der Waals surface area contributed by atoms with Gasteiger partial charge in [0.15, 0.2) is 5.75 Å². The van der Waals surface area contributed by atoms with E-state index in [0.29, 0.717) is 15.6 Å². The van der Waals surface area contributed by atoms with Gasteiger partial charge in [0.2, 0.25) is 0 Å². The minimum atomic E-state index is -4.61. The molecule has 1 aliphatic rings. The number of carbonyl (C=O) groups is 1. The first-order valence-electron chi connectivity index (χ1n) is 9.44. The fourth-order valence-corrected chi connectivity index (χ4v) is 5.09. The molecule has 0 saturated heterocycles. The van der Waals surface area contributed by atoms with E-state index in [1.165, 1.54) is 18.4 Å². The van der Waals surface area contributed by atoms with E-state index in [1.807, 2.05) is 0 Å². The SMILES string of the molecule is C[S+]([O-])CC(=O)NCc1ccc(C2=NCC(c3cc(Cl)c(Cl)c(Cl)c3)(C(F)(F)F)C2)cc1Br. The van der Waals surface area contributed by atoms with Crippen LogP contribution in [0.4, 0.5) is 13.2 Å². The second kappa shape index (κ2) is 10.3. The molecule has 1 heterocycles. The van der Waals surface area contributed by atoms with Crippen molar-refractivity contribution in [2.45, 2.75) is 24.6 Å². The highest BCUT2D eigenvalue weighted by Gasteiger charge is 2.58. The molecule has 0 saturated carbocycles. The molecule has 12 heteroatoms. The maximum atomic E-state index is 14.3. The summed E-state index contributed by atoms with van der Waals surface area (Å²) >= 11 is 20.1. The number of carbonyl (C=O) groups excluding carboxylic acids is 1. The lowest BCUT2D eigenvalue weighted by Gasteiger charge is -2.32. The lowest BCUT2D eigenvalue weighted by Crippen LogP contribution is -2.43. The number of nitrogens with zero attached hydrogens (tertiary/aromatic N) is 1. The third kappa shape index (κ3) is 5.82. The molecule has 0 bridgehead atoms. The van der Waals surface area contributed by atoms with Crippen molar-refractivity contribution in [1.29, 1.82) is 0 Å². The highest BCUT2D eigenvalue weighted by molar-refractivity contribution is 9.10. The Kier molecular flexibility index (Phi) is 8.34.